The van der Waals surface area contributed by atoms with Gasteiger partial charge in [-0.2, -0.15) is 0 Å². The number of rotatable bonds is 5. The summed E-state index contributed by atoms with van der Waals surface area (Å²) in [4.78, 5) is 2.14. The first-order valence-electron chi connectivity index (χ1n) is 7.25. The molecule has 0 amide bonds. The Labute approximate surface area is 121 Å². The highest BCUT2D eigenvalue weighted by Crippen LogP contribution is 2.34. The highest BCUT2D eigenvalue weighted by Gasteiger charge is 2.36. The quantitative estimate of drug-likeness (QED) is 0.752. The third kappa shape index (κ3) is 3.38. The molecule has 0 spiro atoms. The summed E-state index contributed by atoms with van der Waals surface area (Å²) in [6, 6.07) is 10.6. The van der Waals surface area contributed by atoms with Gasteiger partial charge in [0.15, 0.2) is 0 Å². The highest BCUT2D eigenvalue weighted by atomic mass is 16.3. The van der Waals surface area contributed by atoms with Gasteiger partial charge in [-0.05, 0) is 18.0 Å². The Balaban J connectivity index is 2.08. The van der Waals surface area contributed by atoms with Gasteiger partial charge in [0.05, 0.1) is 12.2 Å². The molecular weight excluding hydrogens is 252 g/mol. The van der Waals surface area contributed by atoms with Gasteiger partial charge in [0.1, 0.15) is 0 Å². The molecule has 3 unspecified atom stereocenters. The fraction of sp³-hybridized carbons (Fsp3) is 0.625. The van der Waals surface area contributed by atoms with E-state index in [-0.39, 0.29) is 11.5 Å². The van der Waals surface area contributed by atoms with Crippen LogP contribution in [-0.4, -0.2) is 54.0 Å². The number of aliphatic hydroxyl groups is 2. The molecule has 0 radical (unpaired) electrons. The SMILES string of the molecule is CNC(c1ccccc1)C(C)(C)CN1CC(O)C(O)C1. The number of hydrogen-bond acceptors (Lipinski definition) is 4. The largest absolute Gasteiger partial charge is 0.389 e. The van der Waals surface area contributed by atoms with Crippen LogP contribution in [0.2, 0.25) is 0 Å². The van der Waals surface area contributed by atoms with Crippen LogP contribution >= 0.6 is 0 Å². The van der Waals surface area contributed by atoms with Gasteiger partial charge in [-0.25, -0.2) is 0 Å². The van der Waals surface area contributed by atoms with Crippen LogP contribution in [0.15, 0.2) is 30.3 Å². The predicted octanol–water partition coefficient (Wildman–Crippen LogP) is 1.01. The fourth-order valence-electron chi connectivity index (χ4n) is 3.30. The van der Waals surface area contributed by atoms with Gasteiger partial charge in [-0.15, -0.1) is 0 Å². The van der Waals surface area contributed by atoms with E-state index in [2.05, 4.69) is 48.3 Å². The molecule has 0 aliphatic carbocycles. The number of likely N-dealkylation sites (tertiary alicyclic amines) is 1. The minimum atomic E-state index is -0.615. The van der Waals surface area contributed by atoms with Crippen LogP contribution in [0.3, 0.4) is 0 Å². The van der Waals surface area contributed by atoms with Gasteiger partial charge in [0.2, 0.25) is 0 Å². The molecule has 3 N–H and O–H groups in total. The second-order valence-corrected chi connectivity index (χ2v) is 6.45. The summed E-state index contributed by atoms with van der Waals surface area (Å²) in [6.45, 7) is 6.38. The second kappa shape index (κ2) is 6.22. The Morgan fingerprint density at radius 1 is 1.20 bits per heavy atom. The molecular formula is C16H26N2O2. The van der Waals surface area contributed by atoms with Gasteiger partial charge < -0.3 is 15.5 Å². The van der Waals surface area contributed by atoms with E-state index in [9.17, 15) is 10.2 Å². The maximum atomic E-state index is 9.67. The maximum Gasteiger partial charge on any atom is 0.0938 e. The topological polar surface area (TPSA) is 55.7 Å². The third-order valence-electron chi connectivity index (χ3n) is 4.17. The zero-order valence-electron chi connectivity index (χ0n) is 12.6. The molecule has 4 nitrogen and oxygen atoms in total. The van der Waals surface area contributed by atoms with Crippen LogP contribution in [0.5, 0.6) is 0 Å². The van der Waals surface area contributed by atoms with E-state index < -0.39 is 12.2 Å². The molecule has 1 aliphatic heterocycles. The highest BCUT2D eigenvalue weighted by molar-refractivity contribution is 5.21. The molecule has 1 aromatic carbocycles. The van der Waals surface area contributed by atoms with E-state index in [4.69, 9.17) is 0 Å². The van der Waals surface area contributed by atoms with E-state index in [0.29, 0.717) is 13.1 Å². The lowest BCUT2D eigenvalue weighted by molar-refractivity contribution is 0.0572. The van der Waals surface area contributed by atoms with Crippen molar-refractivity contribution in [3.05, 3.63) is 35.9 Å². The number of benzene rings is 1. The van der Waals surface area contributed by atoms with E-state index >= 15 is 0 Å². The van der Waals surface area contributed by atoms with Crippen molar-refractivity contribution in [2.24, 2.45) is 5.41 Å². The lowest BCUT2D eigenvalue weighted by atomic mass is 9.80. The third-order valence-corrected chi connectivity index (χ3v) is 4.17. The zero-order chi connectivity index (χ0) is 14.8. The van der Waals surface area contributed by atoms with E-state index in [1.165, 1.54) is 5.56 Å². The normalized spacial score (nSPS) is 25.9. The van der Waals surface area contributed by atoms with Crippen molar-refractivity contribution in [1.29, 1.82) is 0 Å². The van der Waals surface area contributed by atoms with Crippen LogP contribution in [0.1, 0.15) is 25.5 Å². The molecule has 1 aliphatic rings. The Morgan fingerprint density at radius 3 is 2.25 bits per heavy atom. The van der Waals surface area contributed by atoms with E-state index in [1.807, 2.05) is 13.1 Å². The van der Waals surface area contributed by atoms with Gasteiger partial charge in [0.25, 0.3) is 0 Å². The molecule has 0 aromatic heterocycles. The molecule has 0 saturated carbocycles. The van der Waals surface area contributed by atoms with Crippen LogP contribution in [-0.2, 0) is 0 Å². The van der Waals surface area contributed by atoms with Crippen molar-refractivity contribution in [1.82, 2.24) is 10.2 Å². The van der Waals surface area contributed by atoms with E-state index in [1.54, 1.807) is 0 Å². The van der Waals surface area contributed by atoms with Crippen molar-refractivity contribution >= 4 is 0 Å². The lowest BCUT2D eigenvalue weighted by Crippen LogP contribution is -2.41. The smallest absolute Gasteiger partial charge is 0.0938 e. The average Bonchev–Trinajstić information content (AvgIpc) is 2.69. The second-order valence-electron chi connectivity index (χ2n) is 6.45. The van der Waals surface area contributed by atoms with Crippen molar-refractivity contribution < 1.29 is 10.2 Å². The number of nitrogens with one attached hydrogen (secondary N) is 1. The molecule has 1 aromatic rings. The van der Waals surface area contributed by atoms with Crippen molar-refractivity contribution in [2.45, 2.75) is 32.1 Å². The first-order chi connectivity index (χ1) is 9.44. The van der Waals surface area contributed by atoms with Crippen LogP contribution < -0.4 is 5.32 Å². The molecule has 1 fully saturated rings. The first-order valence-corrected chi connectivity index (χ1v) is 7.25. The van der Waals surface area contributed by atoms with Crippen molar-refractivity contribution in [3.8, 4) is 0 Å². The van der Waals surface area contributed by atoms with Crippen LogP contribution in [0, 0.1) is 5.41 Å². The number of hydrogen-bond donors (Lipinski definition) is 3. The maximum absolute atomic E-state index is 9.67. The zero-order valence-corrected chi connectivity index (χ0v) is 12.6. The minimum absolute atomic E-state index is 0.000116. The summed E-state index contributed by atoms with van der Waals surface area (Å²) in [5.74, 6) is 0. The molecule has 1 saturated heterocycles. The molecule has 112 valence electrons. The molecule has 0 bridgehead atoms. The molecule has 4 heteroatoms. The first kappa shape index (κ1) is 15.4. The summed E-state index contributed by atoms with van der Waals surface area (Å²) in [5, 5.41) is 22.7. The predicted molar refractivity (Wildman–Crippen MR) is 80.5 cm³/mol. The standard InChI is InChI=1S/C16H26N2O2/c1-16(2,11-18-9-13(19)14(20)10-18)15(17-3)12-7-5-4-6-8-12/h4-8,13-15,17,19-20H,9-11H2,1-3H3. The van der Waals surface area contributed by atoms with Crippen molar-refractivity contribution in [3.63, 3.8) is 0 Å². The Bertz CT molecular complexity index is 412. The number of β-amino-alcohol motifs (C(OH)–C–C–N with tert-alkyl or cyclic N) is 2. The summed E-state index contributed by atoms with van der Waals surface area (Å²) in [5.41, 5.74) is 1.26. The van der Waals surface area contributed by atoms with E-state index in [0.717, 1.165) is 6.54 Å². The van der Waals surface area contributed by atoms with Crippen LogP contribution in [0.4, 0.5) is 0 Å². The Morgan fingerprint density at radius 2 is 1.75 bits per heavy atom. The number of nitrogens with zero attached hydrogens (tertiary/aromatic N) is 1. The van der Waals surface area contributed by atoms with Crippen molar-refractivity contribution in [2.75, 3.05) is 26.7 Å². The summed E-state index contributed by atoms with van der Waals surface area (Å²) in [7, 11) is 1.98. The molecule has 2 rings (SSSR count). The summed E-state index contributed by atoms with van der Waals surface area (Å²) in [6.07, 6.45) is -1.23. The molecule has 3 atom stereocenters. The molecule has 20 heavy (non-hydrogen) atoms. The van der Waals surface area contributed by atoms with Crippen LogP contribution in [0.25, 0.3) is 0 Å². The van der Waals surface area contributed by atoms with Gasteiger partial charge >= 0.3 is 0 Å². The number of aliphatic hydroxyl groups excluding tert-OH is 2. The van der Waals surface area contributed by atoms with Gasteiger partial charge in [-0.1, -0.05) is 44.2 Å². The van der Waals surface area contributed by atoms with Gasteiger partial charge in [0, 0.05) is 25.7 Å². The Hall–Kier alpha value is -0.940. The Kier molecular flexibility index (Phi) is 4.81. The summed E-state index contributed by atoms with van der Waals surface area (Å²) >= 11 is 0. The monoisotopic (exact) mass is 278 g/mol. The lowest BCUT2D eigenvalue weighted by Gasteiger charge is -2.37. The molecule has 1 heterocycles. The average molecular weight is 278 g/mol. The van der Waals surface area contributed by atoms with Gasteiger partial charge in [-0.3, -0.25) is 4.90 Å². The minimum Gasteiger partial charge on any atom is -0.389 e. The summed E-state index contributed by atoms with van der Waals surface area (Å²) < 4.78 is 0. The fourth-order valence-corrected chi connectivity index (χ4v) is 3.30.